The van der Waals surface area contributed by atoms with E-state index < -0.39 is 0 Å². The van der Waals surface area contributed by atoms with E-state index >= 15 is 0 Å². The molecule has 1 aromatic carbocycles. The van der Waals surface area contributed by atoms with Crippen molar-refractivity contribution in [2.75, 3.05) is 47.4 Å². The fourth-order valence-electron chi connectivity index (χ4n) is 3.58. The molecule has 4 heterocycles. The quantitative estimate of drug-likeness (QED) is 0.490. The summed E-state index contributed by atoms with van der Waals surface area (Å²) >= 11 is 1.59. The molecular weight excluding hydrogens is 396 g/mol. The summed E-state index contributed by atoms with van der Waals surface area (Å²) in [7, 11) is 0. The lowest BCUT2D eigenvalue weighted by Gasteiger charge is -2.29. The molecule has 3 aromatic rings. The van der Waals surface area contributed by atoms with Gasteiger partial charge in [0.15, 0.2) is 0 Å². The van der Waals surface area contributed by atoms with Crippen LogP contribution in [0.2, 0.25) is 0 Å². The molecule has 0 saturated carbocycles. The van der Waals surface area contributed by atoms with Crippen LogP contribution in [0.5, 0.6) is 0 Å². The van der Waals surface area contributed by atoms with E-state index in [9.17, 15) is 0 Å². The second-order valence-corrected chi connectivity index (χ2v) is 8.06. The zero-order valence-electron chi connectivity index (χ0n) is 16.5. The second-order valence-electron chi connectivity index (χ2n) is 6.99. The minimum Gasteiger partial charge on any atom is -0.378 e. The lowest BCUT2D eigenvalue weighted by Crippen LogP contribution is -2.36. The minimum atomic E-state index is 0.570. The van der Waals surface area contributed by atoms with Crippen LogP contribution in [-0.2, 0) is 4.74 Å². The van der Waals surface area contributed by atoms with Crippen molar-refractivity contribution in [3.05, 3.63) is 61.4 Å². The molecule has 30 heavy (non-hydrogen) atoms. The predicted molar refractivity (Wildman–Crippen MR) is 121 cm³/mol. The molecule has 2 aliphatic heterocycles. The number of pyridine rings is 1. The van der Waals surface area contributed by atoms with Crippen LogP contribution < -0.4 is 14.5 Å². The van der Waals surface area contributed by atoms with Crippen molar-refractivity contribution in [1.82, 2.24) is 15.0 Å². The molecule has 1 N–H and O–H groups in total. The van der Waals surface area contributed by atoms with Gasteiger partial charge in [0, 0.05) is 49.0 Å². The van der Waals surface area contributed by atoms with E-state index in [1.165, 1.54) is 5.69 Å². The molecule has 0 aliphatic carbocycles. The highest BCUT2D eigenvalue weighted by molar-refractivity contribution is 8.00. The third kappa shape index (κ3) is 3.71. The Morgan fingerprint density at radius 1 is 1.13 bits per heavy atom. The van der Waals surface area contributed by atoms with Crippen LogP contribution in [0.4, 0.5) is 23.1 Å². The van der Waals surface area contributed by atoms with Crippen LogP contribution in [0.25, 0.3) is 11.3 Å². The molecule has 0 radical (unpaired) electrons. The number of rotatable bonds is 5. The summed E-state index contributed by atoms with van der Waals surface area (Å²) in [6.45, 7) is 7.95. The molecule has 7 nitrogen and oxygen atoms in total. The average molecular weight is 419 g/mol. The van der Waals surface area contributed by atoms with Crippen molar-refractivity contribution in [3.8, 4) is 11.3 Å². The SMILES string of the molecule is C=CCN1Sc2cnc(Nc3ccc(N4CCOCC4)cc3)nc2-c2cccnc21. The number of hydrogen-bond acceptors (Lipinski definition) is 8. The van der Waals surface area contributed by atoms with Gasteiger partial charge >= 0.3 is 0 Å². The van der Waals surface area contributed by atoms with Gasteiger partial charge in [-0.3, -0.25) is 4.31 Å². The minimum absolute atomic E-state index is 0.570. The molecule has 1 fully saturated rings. The Morgan fingerprint density at radius 2 is 1.97 bits per heavy atom. The Hall–Kier alpha value is -3.10. The van der Waals surface area contributed by atoms with Crippen molar-refractivity contribution in [3.63, 3.8) is 0 Å². The highest BCUT2D eigenvalue weighted by Crippen LogP contribution is 2.44. The highest BCUT2D eigenvalue weighted by Gasteiger charge is 2.25. The molecule has 2 aliphatic rings. The number of morpholine rings is 1. The number of hydrogen-bond donors (Lipinski definition) is 1. The summed E-state index contributed by atoms with van der Waals surface area (Å²) in [4.78, 5) is 17.2. The molecule has 2 aromatic heterocycles. The standard InChI is InChI=1S/C22H22N6OS/c1-2-10-28-21-18(4-3-9-23-21)20-19(30-28)15-24-22(26-20)25-16-5-7-17(8-6-16)27-11-13-29-14-12-27/h2-9,15H,1,10-14H2,(H,24,25,26). The number of anilines is 4. The Balaban J connectivity index is 1.38. The Bertz CT molecular complexity index is 1050. The summed E-state index contributed by atoms with van der Waals surface area (Å²) in [5, 5.41) is 3.33. The molecule has 152 valence electrons. The maximum absolute atomic E-state index is 5.43. The topological polar surface area (TPSA) is 66.4 Å². The van der Waals surface area contributed by atoms with E-state index in [2.05, 4.69) is 55.3 Å². The van der Waals surface area contributed by atoms with Crippen molar-refractivity contribution >= 4 is 35.1 Å². The van der Waals surface area contributed by atoms with Crippen LogP contribution >= 0.6 is 11.9 Å². The lowest BCUT2D eigenvalue weighted by atomic mass is 10.1. The van der Waals surface area contributed by atoms with Gasteiger partial charge < -0.3 is 15.0 Å². The maximum atomic E-state index is 5.43. The average Bonchev–Trinajstić information content (AvgIpc) is 2.81. The number of aromatic nitrogens is 3. The Morgan fingerprint density at radius 3 is 2.77 bits per heavy atom. The second kappa shape index (κ2) is 8.33. The maximum Gasteiger partial charge on any atom is 0.227 e. The first-order valence-corrected chi connectivity index (χ1v) is 10.7. The van der Waals surface area contributed by atoms with E-state index in [0.29, 0.717) is 12.5 Å². The zero-order valence-corrected chi connectivity index (χ0v) is 17.3. The van der Waals surface area contributed by atoms with E-state index in [0.717, 1.165) is 54.0 Å². The van der Waals surface area contributed by atoms with Crippen LogP contribution in [-0.4, -0.2) is 47.8 Å². The van der Waals surface area contributed by atoms with Crippen molar-refractivity contribution in [1.29, 1.82) is 0 Å². The number of benzene rings is 1. The summed E-state index contributed by atoms with van der Waals surface area (Å²) in [5.41, 5.74) is 4.05. The summed E-state index contributed by atoms with van der Waals surface area (Å²) < 4.78 is 7.53. The lowest BCUT2D eigenvalue weighted by molar-refractivity contribution is 0.122. The molecule has 0 spiro atoms. The van der Waals surface area contributed by atoms with Gasteiger partial charge in [-0.2, -0.15) is 0 Å². The molecule has 0 unspecified atom stereocenters. The molecule has 1 saturated heterocycles. The summed E-state index contributed by atoms with van der Waals surface area (Å²) in [6.07, 6.45) is 5.54. The fraction of sp³-hybridized carbons (Fsp3) is 0.227. The van der Waals surface area contributed by atoms with E-state index in [4.69, 9.17) is 9.72 Å². The van der Waals surface area contributed by atoms with Gasteiger partial charge in [-0.05, 0) is 48.3 Å². The number of fused-ring (bicyclic) bond motifs is 3. The van der Waals surface area contributed by atoms with Crippen LogP contribution in [0.3, 0.4) is 0 Å². The Labute approximate surface area is 179 Å². The van der Waals surface area contributed by atoms with Crippen molar-refractivity contribution < 1.29 is 4.74 Å². The monoisotopic (exact) mass is 418 g/mol. The van der Waals surface area contributed by atoms with Crippen LogP contribution in [0, 0.1) is 0 Å². The number of ether oxygens (including phenoxy) is 1. The van der Waals surface area contributed by atoms with E-state index in [1.54, 1.807) is 18.1 Å². The first kappa shape index (κ1) is 18.9. The molecule has 0 amide bonds. The normalized spacial score (nSPS) is 15.3. The van der Waals surface area contributed by atoms with Gasteiger partial charge in [0.25, 0.3) is 0 Å². The van der Waals surface area contributed by atoms with Crippen molar-refractivity contribution in [2.45, 2.75) is 4.90 Å². The first-order chi connectivity index (χ1) is 14.8. The zero-order chi connectivity index (χ0) is 20.3. The van der Waals surface area contributed by atoms with Gasteiger partial charge in [0.2, 0.25) is 5.95 Å². The summed E-state index contributed by atoms with van der Waals surface area (Å²) in [6, 6.07) is 12.3. The molecular formula is C22H22N6OS. The molecule has 5 rings (SSSR count). The van der Waals surface area contributed by atoms with Crippen LogP contribution in [0.15, 0.2) is 66.3 Å². The predicted octanol–water partition coefficient (Wildman–Crippen LogP) is 4.13. The summed E-state index contributed by atoms with van der Waals surface area (Å²) in [5.74, 6) is 1.47. The largest absolute Gasteiger partial charge is 0.378 e. The number of nitrogens with zero attached hydrogens (tertiary/aromatic N) is 5. The molecule has 8 heteroatoms. The van der Waals surface area contributed by atoms with Gasteiger partial charge in [-0.1, -0.05) is 6.08 Å². The van der Waals surface area contributed by atoms with E-state index in [1.807, 2.05) is 24.4 Å². The first-order valence-electron chi connectivity index (χ1n) is 9.90. The van der Waals surface area contributed by atoms with Gasteiger partial charge in [0.1, 0.15) is 5.82 Å². The van der Waals surface area contributed by atoms with Crippen molar-refractivity contribution in [2.24, 2.45) is 0 Å². The smallest absolute Gasteiger partial charge is 0.227 e. The Kier molecular flexibility index (Phi) is 5.25. The van der Waals surface area contributed by atoms with Gasteiger partial charge in [-0.25, -0.2) is 15.0 Å². The van der Waals surface area contributed by atoms with Crippen LogP contribution in [0.1, 0.15) is 0 Å². The number of nitrogens with one attached hydrogen (secondary N) is 1. The van der Waals surface area contributed by atoms with E-state index in [-0.39, 0.29) is 0 Å². The fourth-order valence-corrected chi connectivity index (χ4v) is 4.57. The highest BCUT2D eigenvalue weighted by atomic mass is 32.2. The molecule has 0 atom stereocenters. The molecule has 0 bridgehead atoms. The van der Waals surface area contributed by atoms with Gasteiger partial charge in [0.05, 0.1) is 23.8 Å². The van der Waals surface area contributed by atoms with Gasteiger partial charge in [-0.15, -0.1) is 6.58 Å². The third-order valence-electron chi connectivity index (χ3n) is 5.04. The third-order valence-corrected chi connectivity index (χ3v) is 6.07.